The lowest BCUT2D eigenvalue weighted by atomic mass is 10.1. The van der Waals surface area contributed by atoms with E-state index < -0.39 is 0 Å². The summed E-state index contributed by atoms with van der Waals surface area (Å²) in [6, 6.07) is 7.78. The highest BCUT2D eigenvalue weighted by atomic mass is 16.6. The number of fused-ring (bicyclic) bond motifs is 1. The van der Waals surface area contributed by atoms with E-state index in [1.165, 1.54) is 0 Å². The molecule has 0 spiro atoms. The van der Waals surface area contributed by atoms with E-state index in [0.717, 1.165) is 16.1 Å². The predicted molar refractivity (Wildman–Crippen MR) is 52.0 cm³/mol. The number of nitrogens with zero attached hydrogens (tertiary/aromatic N) is 2. The highest BCUT2D eigenvalue weighted by molar-refractivity contribution is 5.48. The van der Waals surface area contributed by atoms with Gasteiger partial charge in [0.1, 0.15) is 0 Å². The van der Waals surface area contributed by atoms with Gasteiger partial charge >= 0.3 is 0 Å². The molecule has 0 fully saturated rings. The van der Waals surface area contributed by atoms with Crippen LogP contribution in [-0.4, -0.2) is 18.0 Å². The van der Waals surface area contributed by atoms with Crippen LogP contribution < -0.4 is 10.6 Å². The molecule has 0 aromatic heterocycles. The summed E-state index contributed by atoms with van der Waals surface area (Å²) in [5, 5.41) is 12.3. The lowest BCUT2D eigenvalue weighted by molar-refractivity contribution is -0.478. The van der Waals surface area contributed by atoms with Crippen LogP contribution in [0.15, 0.2) is 29.3 Å². The molecule has 4 nitrogen and oxygen atoms in total. The summed E-state index contributed by atoms with van der Waals surface area (Å²) >= 11 is 0. The molecule has 1 aliphatic heterocycles. The molecule has 2 rings (SSSR count). The average Bonchev–Trinajstić information content (AvgIpc) is 2.58. The molecule has 1 aromatic carbocycles. The second kappa shape index (κ2) is 3.57. The quantitative estimate of drug-likeness (QED) is 0.502. The van der Waals surface area contributed by atoms with Crippen LogP contribution in [0, 0.1) is 10.1 Å². The van der Waals surface area contributed by atoms with Gasteiger partial charge in [0.15, 0.2) is 0 Å². The van der Waals surface area contributed by atoms with Crippen molar-refractivity contribution in [3.05, 3.63) is 45.0 Å². The first-order chi connectivity index (χ1) is 6.77. The van der Waals surface area contributed by atoms with Gasteiger partial charge in [-0.25, -0.2) is 0 Å². The summed E-state index contributed by atoms with van der Waals surface area (Å²) in [5.74, 6) is 0. The molecule has 0 aliphatic carbocycles. The van der Waals surface area contributed by atoms with Crippen LogP contribution in [0.4, 0.5) is 0 Å². The van der Waals surface area contributed by atoms with Crippen molar-refractivity contribution in [1.29, 1.82) is 0 Å². The standard InChI is InChI=1S/C10H10N2O2/c13-12(14)6-5-8-7-11-10-4-2-1-3-9(8)10/h1-4H,5-7H2. The molecule has 0 N–H and O–H groups in total. The second-order valence-electron chi connectivity index (χ2n) is 3.24. The molecule has 1 aliphatic rings. The molecule has 0 bridgehead atoms. The van der Waals surface area contributed by atoms with Gasteiger partial charge in [0.25, 0.3) is 0 Å². The molecule has 1 heterocycles. The topological polar surface area (TPSA) is 55.5 Å². The van der Waals surface area contributed by atoms with E-state index in [-0.39, 0.29) is 11.5 Å². The average molecular weight is 190 g/mol. The zero-order valence-electron chi connectivity index (χ0n) is 7.64. The van der Waals surface area contributed by atoms with Crippen molar-refractivity contribution in [2.24, 2.45) is 4.99 Å². The van der Waals surface area contributed by atoms with Crippen LogP contribution in [0.5, 0.6) is 0 Å². The van der Waals surface area contributed by atoms with Crippen molar-refractivity contribution >= 4 is 5.57 Å². The molecule has 0 amide bonds. The second-order valence-corrected chi connectivity index (χ2v) is 3.24. The Bertz CT molecular complexity index is 479. The molecule has 14 heavy (non-hydrogen) atoms. The van der Waals surface area contributed by atoms with Gasteiger partial charge in [-0.3, -0.25) is 15.1 Å². The Kier molecular flexibility index (Phi) is 2.26. The van der Waals surface area contributed by atoms with Gasteiger partial charge in [0.05, 0.1) is 11.9 Å². The van der Waals surface area contributed by atoms with Crippen LogP contribution >= 0.6 is 0 Å². The summed E-state index contributed by atoms with van der Waals surface area (Å²) in [7, 11) is 0. The zero-order chi connectivity index (χ0) is 9.97. The molecule has 0 radical (unpaired) electrons. The van der Waals surface area contributed by atoms with Crippen LogP contribution in [0.1, 0.15) is 6.42 Å². The number of nitro groups is 1. The third-order valence-electron chi connectivity index (χ3n) is 2.32. The van der Waals surface area contributed by atoms with Gasteiger partial charge in [-0.2, -0.15) is 0 Å². The maximum Gasteiger partial charge on any atom is 0.207 e. The first-order valence-electron chi connectivity index (χ1n) is 4.51. The van der Waals surface area contributed by atoms with Gasteiger partial charge < -0.3 is 0 Å². The summed E-state index contributed by atoms with van der Waals surface area (Å²) in [6.07, 6.45) is 0.507. The van der Waals surface area contributed by atoms with E-state index in [9.17, 15) is 10.1 Å². The molecule has 0 unspecified atom stereocenters. The Labute approximate surface area is 80.7 Å². The Hall–Kier alpha value is -1.71. The molecular weight excluding hydrogens is 180 g/mol. The lowest BCUT2D eigenvalue weighted by Gasteiger charge is -1.95. The highest BCUT2D eigenvalue weighted by Gasteiger charge is 2.08. The van der Waals surface area contributed by atoms with E-state index in [0.29, 0.717) is 13.0 Å². The summed E-state index contributed by atoms with van der Waals surface area (Å²) in [6.45, 7) is 0.617. The van der Waals surface area contributed by atoms with Crippen molar-refractivity contribution in [1.82, 2.24) is 0 Å². The molecule has 72 valence electrons. The third kappa shape index (κ3) is 1.64. The van der Waals surface area contributed by atoms with Gasteiger partial charge in [0, 0.05) is 16.6 Å². The minimum Gasteiger partial charge on any atom is -0.280 e. The number of para-hydroxylation sites is 1. The fourth-order valence-corrected chi connectivity index (χ4v) is 1.62. The van der Waals surface area contributed by atoms with Crippen LogP contribution in [-0.2, 0) is 0 Å². The Balaban J connectivity index is 2.31. The zero-order valence-corrected chi connectivity index (χ0v) is 7.64. The van der Waals surface area contributed by atoms with Gasteiger partial charge in [-0.15, -0.1) is 0 Å². The fourth-order valence-electron chi connectivity index (χ4n) is 1.62. The Morgan fingerprint density at radius 3 is 3.00 bits per heavy atom. The third-order valence-corrected chi connectivity index (χ3v) is 2.32. The molecule has 0 atom stereocenters. The molecule has 1 aromatic rings. The number of hydrogen-bond acceptors (Lipinski definition) is 3. The van der Waals surface area contributed by atoms with Crippen LogP contribution in [0.3, 0.4) is 0 Å². The number of rotatable bonds is 3. The van der Waals surface area contributed by atoms with E-state index in [1.54, 1.807) is 0 Å². The number of hydrogen-bond donors (Lipinski definition) is 0. The normalized spacial score (nSPS) is 13.6. The molecule has 0 saturated carbocycles. The molecular formula is C10H10N2O2. The molecule has 4 heteroatoms. The minimum atomic E-state index is -0.284. The smallest absolute Gasteiger partial charge is 0.207 e. The highest BCUT2D eigenvalue weighted by Crippen LogP contribution is 2.03. The fraction of sp³-hybridized carbons (Fsp3) is 0.300. The van der Waals surface area contributed by atoms with Crippen molar-refractivity contribution in [3.63, 3.8) is 0 Å². The summed E-state index contributed by atoms with van der Waals surface area (Å²) < 4.78 is 0. The monoisotopic (exact) mass is 190 g/mol. The van der Waals surface area contributed by atoms with Gasteiger partial charge in [-0.05, 0) is 11.6 Å². The van der Waals surface area contributed by atoms with E-state index in [1.807, 2.05) is 24.3 Å². The summed E-state index contributed by atoms with van der Waals surface area (Å²) in [5.41, 5.74) is 1.08. The van der Waals surface area contributed by atoms with Gasteiger partial charge in [0.2, 0.25) is 6.54 Å². The Morgan fingerprint density at radius 2 is 2.21 bits per heavy atom. The van der Waals surface area contributed by atoms with Crippen molar-refractivity contribution < 1.29 is 4.92 Å². The van der Waals surface area contributed by atoms with Crippen LogP contribution in [0.2, 0.25) is 0 Å². The number of benzene rings is 1. The largest absolute Gasteiger partial charge is 0.280 e. The van der Waals surface area contributed by atoms with E-state index in [4.69, 9.17) is 0 Å². The van der Waals surface area contributed by atoms with Gasteiger partial charge in [-0.1, -0.05) is 18.2 Å². The minimum absolute atomic E-state index is 0.000806. The first kappa shape index (κ1) is 8.87. The van der Waals surface area contributed by atoms with Crippen molar-refractivity contribution in [2.75, 3.05) is 13.1 Å². The first-order valence-corrected chi connectivity index (χ1v) is 4.51. The Morgan fingerprint density at radius 1 is 1.43 bits per heavy atom. The lowest BCUT2D eigenvalue weighted by Crippen LogP contribution is -2.22. The predicted octanol–water partition coefficient (Wildman–Crippen LogP) is 0.137. The summed E-state index contributed by atoms with van der Waals surface area (Å²) in [4.78, 5) is 14.2. The van der Waals surface area contributed by atoms with Crippen molar-refractivity contribution in [2.45, 2.75) is 6.42 Å². The van der Waals surface area contributed by atoms with Crippen molar-refractivity contribution in [3.8, 4) is 0 Å². The van der Waals surface area contributed by atoms with Crippen LogP contribution in [0.25, 0.3) is 5.57 Å². The van der Waals surface area contributed by atoms with E-state index in [2.05, 4.69) is 4.99 Å². The SMILES string of the molecule is O=[N+]([O-])CCC1=c2ccccc2=NC1. The molecule has 0 saturated heterocycles. The maximum atomic E-state index is 10.2. The maximum absolute atomic E-state index is 10.2. The van der Waals surface area contributed by atoms with E-state index >= 15 is 0 Å².